The van der Waals surface area contributed by atoms with E-state index in [1.54, 1.807) is 10.4 Å². The monoisotopic (exact) mass is 437 g/mol. The van der Waals surface area contributed by atoms with Crippen LogP contribution < -0.4 is 4.90 Å². The predicted octanol–water partition coefficient (Wildman–Crippen LogP) is 4.58. The van der Waals surface area contributed by atoms with Crippen molar-refractivity contribution in [2.24, 2.45) is 11.8 Å². The first kappa shape index (κ1) is 20.4. The summed E-state index contributed by atoms with van der Waals surface area (Å²) < 4.78 is 6.23. The number of benzene rings is 1. The first-order chi connectivity index (χ1) is 14.8. The van der Waals surface area contributed by atoms with Crippen LogP contribution >= 0.6 is 11.3 Å². The Morgan fingerprint density at radius 1 is 1.13 bits per heavy atom. The summed E-state index contributed by atoms with van der Waals surface area (Å²) in [6.45, 7) is 8.68. The number of carbonyl (C=O) groups excluding carboxylic acids is 2. The smallest absolute Gasteiger partial charge is 0.296 e. The molecule has 1 fully saturated rings. The van der Waals surface area contributed by atoms with Gasteiger partial charge in [0.25, 0.3) is 5.91 Å². The highest BCUT2D eigenvalue weighted by molar-refractivity contribution is 7.13. The number of fused-ring (bicyclic) bond motifs is 1. The third kappa shape index (κ3) is 3.30. The standard InChI is InChI=1S/C24H27N3O3S/c1-13-5-10-17-16(11-13)20(28)18-19(14-6-8-15(9-7-14)24(2,3)4)27(22(29)21(18)30-17)23-26-25-12-31-23/h6-9,12-13,16-17,19H,5,10-11H2,1-4H3. The molecule has 7 heteroatoms. The average Bonchev–Trinajstić information content (AvgIpc) is 3.35. The number of hydrogen-bond donors (Lipinski definition) is 0. The minimum absolute atomic E-state index is 0.0165. The molecule has 1 aliphatic carbocycles. The molecule has 1 amide bonds. The number of Topliss-reactive ketones (excluding diaryl/α,β-unsaturated/α-hetero) is 1. The maximum absolute atomic E-state index is 13.7. The lowest BCUT2D eigenvalue weighted by Crippen LogP contribution is -2.41. The molecule has 0 radical (unpaired) electrons. The summed E-state index contributed by atoms with van der Waals surface area (Å²) in [5, 5.41) is 8.56. The first-order valence-corrected chi connectivity index (χ1v) is 11.8. The van der Waals surface area contributed by atoms with E-state index in [0.717, 1.165) is 24.8 Å². The Kier molecular flexibility index (Phi) is 4.77. The number of carbonyl (C=O) groups is 2. The third-order valence-corrected chi connectivity index (χ3v) is 7.45. The molecule has 1 saturated carbocycles. The second-order valence-corrected chi connectivity index (χ2v) is 10.8. The predicted molar refractivity (Wildman–Crippen MR) is 119 cm³/mol. The molecule has 31 heavy (non-hydrogen) atoms. The number of ether oxygens (including phenoxy) is 1. The Morgan fingerprint density at radius 2 is 1.87 bits per heavy atom. The van der Waals surface area contributed by atoms with E-state index in [-0.39, 0.29) is 34.9 Å². The molecule has 3 aliphatic rings. The van der Waals surface area contributed by atoms with Gasteiger partial charge in [0.15, 0.2) is 11.5 Å². The van der Waals surface area contributed by atoms with Gasteiger partial charge in [0.05, 0.1) is 17.5 Å². The minimum Gasteiger partial charge on any atom is -0.483 e. The number of hydrogen-bond acceptors (Lipinski definition) is 6. The molecule has 162 valence electrons. The summed E-state index contributed by atoms with van der Waals surface area (Å²) in [4.78, 5) is 28.8. The Labute approximate surface area is 186 Å². The molecule has 1 aromatic heterocycles. The zero-order chi connectivity index (χ0) is 21.9. The van der Waals surface area contributed by atoms with Gasteiger partial charge in [-0.3, -0.25) is 14.5 Å². The Bertz CT molecular complexity index is 1050. The molecule has 2 aliphatic heterocycles. The number of anilines is 1. The van der Waals surface area contributed by atoms with Gasteiger partial charge in [0, 0.05) is 0 Å². The van der Waals surface area contributed by atoms with Crippen LogP contribution in [0.5, 0.6) is 0 Å². The molecule has 0 saturated heterocycles. The molecule has 3 heterocycles. The van der Waals surface area contributed by atoms with E-state index < -0.39 is 6.04 Å². The SMILES string of the molecule is CC1CCC2OC3=C(C(=O)C2C1)C(c1ccc(C(C)(C)C)cc1)N(c1nncs1)C3=O. The van der Waals surface area contributed by atoms with Gasteiger partial charge in [0.2, 0.25) is 5.13 Å². The molecular weight excluding hydrogens is 410 g/mol. The lowest BCUT2D eigenvalue weighted by molar-refractivity contribution is -0.132. The van der Waals surface area contributed by atoms with Gasteiger partial charge in [-0.1, -0.05) is 63.3 Å². The summed E-state index contributed by atoms with van der Waals surface area (Å²) in [6, 6.07) is 7.67. The average molecular weight is 438 g/mol. The fourth-order valence-electron chi connectivity index (χ4n) is 5.03. The van der Waals surface area contributed by atoms with Crippen LogP contribution in [0.15, 0.2) is 41.1 Å². The summed E-state index contributed by atoms with van der Waals surface area (Å²) in [7, 11) is 0. The van der Waals surface area contributed by atoms with Crippen molar-refractivity contribution in [1.29, 1.82) is 0 Å². The lowest BCUT2D eigenvalue weighted by atomic mass is 9.74. The molecule has 1 aromatic carbocycles. The molecule has 6 nitrogen and oxygen atoms in total. The fourth-order valence-corrected chi connectivity index (χ4v) is 5.61. The van der Waals surface area contributed by atoms with Crippen LogP contribution in [-0.4, -0.2) is 28.0 Å². The maximum Gasteiger partial charge on any atom is 0.296 e. The molecule has 5 rings (SSSR count). The van der Waals surface area contributed by atoms with Crippen LogP contribution in [0, 0.1) is 11.8 Å². The number of aromatic nitrogens is 2. The highest BCUT2D eigenvalue weighted by atomic mass is 32.1. The van der Waals surface area contributed by atoms with Crippen molar-refractivity contribution in [1.82, 2.24) is 10.2 Å². The summed E-state index contributed by atoms with van der Waals surface area (Å²) in [6.07, 6.45) is 2.43. The van der Waals surface area contributed by atoms with Crippen molar-refractivity contribution < 1.29 is 14.3 Å². The number of rotatable bonds is 2. The van der Waals surface area contributed by atoms with Gasteiger partial charge >= 0.3 is 0 Å². The van der Waals surface area contributed by atoms with Gasteiger partial charge in [0.1, 0.15) is 11.6 Å². The molecule has 4 unspecified atom stereocenters. The number of nitrogens with zero attached hydrogens (tertiary/aromatic N) is 3. The van der Waals surface area contributed by atoms with E-state index in [2.05, 4.69) is 50.0 Å². The second kappa shape index (κ2) is 7.26. The molecule has 0 bridgehead atoms. The summed E-state index contributed by atoms with van der Waals surface area (Å²) in [5.74, 6) is 0.281. The first-order valence-electron chi connectivity index (χ1n) is 10.9. The van der Waals surface area contributed by atoms with Crippen molar-refractivity contribution in [2.75, 3.05) is 4.90 Å². The zero-order valence-electron chi connectivity index (χ0n) is 18.3. The normalized spacial score (nSPS) is 28.5. The molecule has 0 spiro atoms. The van der Waals surface area contributed by atoms with E-state index >= 15 is 0 Å². The van der Waals surface area contributed by atoms with Gasteiger partial charge in [-0.15, -0.1) is 10.2 Å². The summed E-state index contributed by atoms with van der Waals surface area (Å²) >= 11 is 1.29. The highest BCUT2D eigenvalue weighted by Gasteiger charge is 2.53. The third-order valence-electron chi connectivity index (χ3n) is 6.76. The van der Waals surface area contributed by atoms with E-state index in [1.807, 2.05) is 12.1 Å². The zero-order valence-corrected chi connectivity index (χ0v) is 19.1. The number of ketones is 1. The molecule has 4 atom stereocenters. The van der Waals surface area contributed by atoms with E-state index in [4.69, 9.17) is 4.74 Å². The van der Waals surface area contributed by atoms with E-state index in [0.29, 0.717) is 16.6 Å². The van der Waals surface area contributed by atoms with Gasteiger partial charge in [-0.05, 0) is 41.7 Å². The van der Waals surface area contributed by atoms with Crippen LogP contribution in [0.1, 0.15) is 64.1 Å². The Balaban J connectivity index is 1.61. The Morgan fingerprint density at radius 3 is 2.52 bits per heavy atom. The van der Waals surface area contributed by atoms with Crippen LogP contribution in [0.25, 0.3) is 0 Å². The van der Waals surface area contributed by atoms with E-state index in [1.165, 1.54) is 16.9 Å². The topological polar surface area (TPSA) is 72.4 Å². The largest absolute Gasteiger partial charge is 0.483 e. The van der Waals surface area contributed by atoms with Gasteiger partial charge < -0.3 is 4.74 Å². The van der Waals surface area contributed by atoms with Gasteiger partial charge in [-0.2, -0.15) is 0 Å². The van der Waals surface area contributed by atoms with Crippen LogP contribution in [-0.2, 0) is 19.7 Å². The molecular formula is C24H27N3O3S. The fraction of sp³-hybridized carbons (Fsp3) is 0.500. The van der Waals surface area contributed by atoms with Crippen LogP contribution in [0.3, 0.4) is 0 Å². The van der Waals surface area contributed by atoms with Gasteiger partial charge in [-0.25, -0.2) is 0 Å². The minimum atomic E-state index is -0.532. The van der Waals surface area contributed by atoms with Crippen LogP contribution in [0.2, 0.25) is 0 Å². The van der Waals surface area contributed by atoms with Crippen molar-refractivity contribution in [3.63, 3.8) is 0 Å². The molecule has 0 N–H and O–H groups in total. The van der Waals surface area contributed by atoms with Crippen molar-refractivity contribution in [2.45, 2.75) is 64.5 Å². The lowest BCUT2D eigenvalue weighted by Gasteiger charge is -2.37. The van der Waals surface area contributed by atoms with Crippen molar-refractivity contribution >= 4 is 28.2 Å². The maximum atomic E-state index is 13.7. The highest BCUT2D eigenvalue weighted by Crippen LogP contribution is 2.49. The quantitative estimate of drug-likeness (QED) is 0.688. The van der Waals surface area contributed by atoms with Crippen molar-refractivity contribution in [3.8, 4) is 0 Å². The second-order valence-electron chi connectivity index (χ2n) is 9.96. The van der Waals surface area contributed by atoms with Crippen LogP contribution in [0.4, 0.5) is 5.13 Å². The Hall–Kier alpha value is -2.54. The summed E-state index contributed by atoms with van der Waals surface area (Å²) in [5.41, 5.74) is 4.19. The van der Waals surface area contributed by atoms with Crippen molar-refractivity contribution in [3.05, 3.63) is 52.2 Å². The van der Waals surface area contributed by atoms with E-state index in [9.17, 15) is 9.59 Å². The number of amides is 1. The molecule has 2 aromatic rings.